The third kappa shape index (κ3) is 3.21. The van der Waals surface area contributed by atoms with Crippen LogP contribution in [-0.4, -0.2) is 29.0 Å². The van der Waals surface area contributed by atoms with Gasteiger partial charge in [-0.05, 0) is 40.2 Å². The van der Waals surface area contributed by atoms with Crippen molar-refractivity contribution in [2.45, 2.75) is 58.2 Å². The molecule has 0 aromatic heterocycles. The molecule has 4 nitrogen and oxygen atoms in total. The molecule has 0 radical (unpaired) electrons. The molecule has 2 N–H and O–H groups in total. The van der Waals surface area contributed by atoms with Crippen molar-refractivity contribution in [3.8, 4) is 5.75 Å². The fourth-order valence-corrected chi connectivity index (χ4v) is 3.09. The molecule has 0 spiro atoms. The number of nitrogens with zero attached hydrogens (tertiary/aromatic N) is 1. The lowest BCUT2D eigenvalue weighted by Gasteiger charge is -2.47. The standard InChI is InChI=1S/C17H26N2O2/c1-5-21-14-9-7-6-8-12(14)16-13(18)10-11-15(20)19(16)17(2,3)4/h6-9,13,16H,5,10-11,18H2,1-4H3. The summed E-state index contributed by atoms with van der Waals surface area (Å²) in [5, 5.41) is 0. The third-order valence-corrected chi connectivity index (χ3v) is 3.90. The number of hydrogen-bond donors (Lipinski definition) is 1. The summed E-state index contributed by atoms with van der Waals surface area (Å²) in [6.45, 7) is 8.73. The van der Waals surface area contributed by atoms with Gasteiger partial charge in [-0.25, -0.2) is 0 Å². The Morgan fingerprint density at radius 1 is 1.33 bits per heavy atom. The van der Waals surface area contributed by atoms with E-state index in [4.69, 9.17) is 10.5 Å². The fraction of sp³-hybridized carbons (Fsp3) is 0.588. The first-order valence-electron chi connectivity index (χ1n) is 7.65. The molecule has 4 heteroatoms. The van der Waals surface area contributed by atoms with Crippen molar-refractivity contribution in [1.82, 2.24) is 4.90 Å². The van der Waals surface area contributed by atoms with Gasteiger partial charge >= 0.3 is 0 Å². The summed E-state index contributed by atoms with van der Waals surface area (Å²) in [6, 6.07) is 7.70. The van der Waals surface area contributed by atoms with E-state index in [0.29, 0.717) is 13.0 Å². The maximum atomic E-state index is 12.5. The average Bonchev–Trinajstić information content (AvgIpc) is 2.41. The third-order valence-electron chi connectivity index (χ3n) is 3.90. The summed E-state index contributed by atoms with van der Waals surface area (Å²) in [5.41, 5.74) is 7.12. The van der Waals surface area contributed by atoms with Gasteiger partial charge in [0.15, 0.2) is 0 Å². The summed E-state index contributed by atoms with van der Waals surface area (Å²) in [4.78, 5) is 14.4. The van der Waals surface area contributed by atoms with Crippen molar-refractivity contribution in [2.75, 3.05) is 6.61 Å². The lowest BCUT2D eigenvalue weighted by atomic mass is 9.86. The highest BCUT2D eigenvalue weighted by Crippen LogP contribution is 2.39. The molecule has 1 fully saturated rings. The Hall–Kier alpha value is -1.55. The molecule has 0 bridgehead atoms. The number of piperidine rings is 1. The second-order valence-electron chi connectivity index (χ2n) is 6.55. The number of benzene rings is 1. The largest absolute Gasteiger partial charge is 0.494 e. The predicted octanol–water partition coefficient (Wildman–Crippen LogP) is 2.87. The number of carbonyl (C=O) groups is 1. The van der Waals surface area contributed by atoms with E-state index < -0.39 is 0 Å². The minimum absolute atomic E-state index is 0.0662. The van der Waals surface area contributed by atoms with Crippen LogP contribution in [0.1, 0.15) is 52.1 Å². The van der Waals surface area contributed by atoms with Gasteiger partial charge < -0.3 is 15.4 Å². The van der Waals surface area contributed by atoms with Crippen LogP contribution in [0.25, 0.3) is 0 Å². The molecule has 1 amide bonds. The number of amides is 1. The molecule has 2 atom stereocenters. The van der Waals surface area contributed by atoms with Gasteiger partial charge in [0, 0.05) is 23.6 Å². The van der Waals surface area contributed by atoms with Gasteiger partial charge in [-0.15, -0.1) is 0 Å². The Morgan fingerprint density at radius 3 is 2.62 bits per heavy atom. The molecule has 1 saturated heterocycles. The minimum atomic E-state index is -0.265. The minimum Gasteiger partial charge on any atom is -0.494 e. The van der Waals surface area contributed by atoms with Gasteiger partial charge in [-0.2, -0.15) is 0 Å². The highest BCUT2D eigenvalue weighted by molar-refractivity contribution is 5.79. The van der Waals surface area contributed by atoms with Crippen LogP contribution in [0.4, 0.5) is 0 Å². The summed E-state index contributed by atoms with van der Waals surface area (Å²) >= 11 is 0. The molecule has 21 heavy (non-hydrogen) atoms. The Bertz CT molecular complexity index is 508. The van der Waals surface area contributed by atoms with Crippen LogP contribution >= 0.6 is 0 Å². The van der Waals surface area contributed by atoms with Gasteiger partial charge in [0.1, 0.15) is 5.75 Å². The van der Waals surface area contributed by atoms with Crippen LogP contribution in [0, 0.1) is 0 Å². The maximum Gasteiger partial charge on any atom is 0.223 e. The molecule has 1 aromatic carbocycles. The van der Waals surface area contributed by atoms with E-state index in [2.05, 4.69) is 20.8 Å². The number of ether oxygens (including phenoxy) is 1. The molecule has 116 valence electrons. The highest BCUT2D eigenvalue weighted by Gasteiger charge is 2.41. The monoisotopic (exact) mass is 290 g/mol. The van der Waals surface area contributed by atoms with Crippen LogP contribution in [-0.2, 0) is 4.79 Å². The molecule has 1 heterocycles. The Labute approximate surface area is 127 Å². The van der Waals surface area contributed by atoms with Crippen molar-refractivity contribution >= 4 is 5.91 Å². The van der Waals surface area contributed by atoms with E-state index in [1.807, 2.05) is 36.1 Å². The van der Waals surface area contributed by atoms with E-state index in [9.17, 15) is 4.79 Å². The molecular formula is C17H26N2O2. The van der Waals surface area contributed by atoms with Gasteiger partial charge in [-0.1, -0.05) is 18.2 Å². The van der Waals surface area contributed by atoms with Crippen LogP contribution in [0.15, 0.2) is 24.3 Å². The topological polar surface area (TPSA) is 55.6 Å². The Morgan fingerprint density at radius 2 is 2.00 bits per heavy atom. The SMILES string of the molecule is CCOc1ccccc1C1C(N)CCC(=O)N1C(C)(C)C. The normalized spacial score (nSPS) is 23.3. The molecule has 0 saturated carbocycles. The first kappa shape index (κ1) is 15.8. The number of likely N-dealkylation sites (tertiary alicyclic amines) is 1. The van der Waals surface area contributed by atoms with Crippen LogP contribution in [0.2, 0.25) is 0 Å². The second-order valence-corrected chi connectivity index (χ2v) is 6.55. The zero-order chi connectivity index (χ0) is 15.6. The lowest BCUT2D eigenvalue weighted by molar-refractivity contribution is -0.144. The number of nitrogens with two attached hydrogens (primary N) is 1. The fourth-order valence-electron chi connectivity index (χ4n) is 3.09. The van der Waals surface area contributed by atoms with E-state index >= 15 is 0 Å². The number of rotatable bonds is 3. The summed E-state index contributed by atoms with van der Waals surface area (Å²) in [5.74, 6) is 0.991. The van der Waals surface area contributed by atoms with E-state index in [0.717, 1.165) is 17.7 Å². The highest BCUT2D eigenvalue weighted by atomic mass is 16.5. The smallest absolute Gasteiger partial charge is 0.223 e. The van der Waals surface area contributed by atoms with Crippen molar-refractivity contribution in [3.63, 3.8) is 0 Å². The first-order valence-corrected chi connectivity index (χ1v) is 7.65. The zero-order valence-electron chi connectivity index (χ0n) is 13.4. The number of para-hydroxylation sites is 1. The molecule has 1 aromatic rings. The Kier molecular flexibility index (Phi) is 4.57. The van der Waals surface area contributed by atoms with Crippen molar-refractivity contribution < 1.29 is 9.53 Å². The van der Waals surface area contributed by atoms with Crippen LogP contribution in [0.3, 0.4) is 0 Å². The van der Waals surface area contributed by atoms with Crippen LogP contribution < -0.4 is 10.5 Å². The first-order chi connectivity index (χ1) is 9.86. The van der Waals surface area contributed by atoms with Crippen LogP contribution in [0.5, 0.6) is 5.75 Å². The molecule has 0 aliphatic carbocycles. The summed E-state index contributed by atoms with van der Waals surface area (Å²) in [6.07, 6.45) is 1.24. The molecule has 1 aliphatic rings. The number of carbonyl (C=O) groups excluding carboxylic acids is 1. The van der Waals surface area contributed by atoms with E-state index in [1.54, 1.807) is 0 Å². The summed E-state index contributed by atoms with van der Waals surface area (Å²) in [7, 11) is 0. The average molecular weight is 290 g/mol. The molecule has 2 rings (SSSR count). The van der Waals surface area contributed by atoms with Gasteiger partial charge in [0.05, 0.1) is 12.6 Å². The zero-order valence-corrected chi connectivity index (χ0v) is 13.4. The Balaban J connectivity index is 2.49. The van der Waals surface area contributed by atoms with Crippen molar-refractivity contribution in [3.05, 3.63) is 29.8 Å². The maximum absolute atomic E-state index is 12.5. The predicted molar refractivity (Wildman–Crippen MR) is 84.2 cm³/mol. The number of hydrogen-bond acceptors (Lipinski definition) is 3. The van der Waals surface area contributed by atoms with E-state index in [-0.39, 0.29) is 23.5 Å². The van der Waals surface area contributed by atoms with Gasteiger partial charge in [-0.3, -0.25) is 4.79 Å². The summed E-state index contributed by atoms with van der Waals surface area (Å²) < 4.78 is 5.74. The quantitative estimate of drug-likeness (QED) is 0.931. The lowest BCUT2D eigenvalue weighted by Crippen LogP contribution is -2.56. The van der Waals surface area contributed by atoms with Gasteiger partial charge in [0.25, 0.3) is 0 Å². The second kappa shape index (κ2) is 6.06. The molecule has 2 unspecified atom stereocenters. The molecule has 1 aliphatic heterocycles. The molecular weight excluding hydrogens is 264 g/mol. The van der Waals surface area contributed by atoms with Gasteiger partial charge in [0.2, 0.25) is 5.91 Å². The van der Waals surface area contributed by atoms with Crippen molar-refractivity contribution in [1.29, 1.82) is 0 Å². The van der Waals surface area contributed by atoms with Crippen molar-refractivity contribution in [2.24, 2.45) is 5.73 Å². The van der Waals surface area contributed by atoms with E-state index in [1.165, 1.54) is 0 Å².